The number of fused-ring (bicyclic) bond motifs is 5. The molecule has 5 N–H and O–H groups in total. The molecular formula is C23H32NO6+. The van der Waals surface area contributed by atoms with Crippen LogP contribution in [-0.4, -0.2) is 52.6 Å². The highest BCUT2D eigenvalue weighted by atomic mass is 16.5. The van der Waals surface area contributed by atoms with Crippen LogP contribution in [-0.2, 0) is 19.1 Å². The van der Waals surface area contributed by atoms with Gasteiger partial charge in [-0.25, -0.2) is 4.79 Å². The molecule has 7 atom stereocenters. The van der Waals surface area contributed by atoms with Gasteiger partial charge >= 0.3 is 5.97 Å². The van der Waals surface area contributed by atoms with E-state index in [9.17, 15) is 24.6 Å². The van der Waals surface area contributed by atoms with Crippen molar-refractivity contribution in [1.82, 2.24) is 0 Å². The third kappa shape index (κ3) is 2.86. The van der Waals surface area contributed by atoms with E-state index in [1.165, 1.54) is 0 Å². The lowest BCUT2D eigenvalue weighted by Gasteiger charge is -2.59. The Morgan fingerprint density at radius 3 is 2.73 bits per heavy atom. The molecule has 0 unspecified atom stereocenters. The number of hydrogen-bond donors (Lipinski definition) is 3. The fraction of sp³-hybridized carbons (Fsp3) is 0.696. The fourth-order valence-corrected chi connectivity index (χ4v) is 7.13. The second-order valence-electron chi connectivity index (χ2n) is 9.94. The van der Waals surface area contributed by atoms with E-state index in [-0.39, 0.29) is 35.5 Å². The van der Waals surface area contributed by atoms with Crippen LogP contribution in [0.15, 0.2) is 23.8 Å². The SMILES string of the molecule is C[C@]12C=CC(=O)C=C1CC[C@@H]1[C@@H]2[C@@H](O)C[C@@]2(C)[C@H]1CC[C@]2(O)C(=O)COC(=O)C[NH3+]. The van der Waals surface area contributed by atoms with Crippen LogP contribution in [0.4, 0.5) is 0 Å². The van der Waals surface area contributed by atoms with Crippen LogP contribution in [0.3, 0.4) is 0 Å². The molecule has 30 heavy (non-hydrogen) atoms. The molecule has 0 aromatic carbocycles. The fourth-order valence-electron chi connectivity index (χ4n) is 7.13. The Labute approximate surface area is 176 Å². The molecule has 3 fully saturated rings. The lowest BCUT2D eigenvalue weighted by atomic mass is 9.46. The molecule has 0 saturated heterocycles. The minimum Gasteiger partial charge on any atom is -0.453 e. The summed E-state index contributed by atoms with van der Waals surface area (Å²) >= 11 is 0. The maximum absolute atomic E-state index is 13.0. The summed E-state index contributed by atoms with van der Waals surface area (Å²) in [7, 11) is 0. The molecule has 0 radical (unpaired) electrons. The number of Topliss-reactive ketones (excluding diaryl/α,β-unsaturated/α-hetero) is 1. The lowest BCUT2D eigenvalue weighted by Crippen LogP contribution is -2.62. The van der Waals surface area contributed by atoms with Gasteiger partial charge in [-0.3, -0.25) is 9.59 Å². The quantitative estimate of drug-likeness (QED) is 0.565. The predicted molar refractivity (Wildman–Crippen MR) is 107 cm³/mol. The maximum atomic E-state index is 13.0. The number of esters is 1. The van der Waals surface area contributed by atoms with E-state index in [4.69, 9.17) is 4.74 Å². The van der Waals surface area contributed by atoms with Crippen LogP contribution in [0, 0.1) is 28.6 Å². The standard InChI is InChI=1S/C23H31NO6/c1-21-7-5-14(25)9-13(21)3-4-15-16-6-8-23(29,18(27)12-30-19(28)11-24)22(16,2)10-17(26)20(15)21/h5,7,9,15-17,20,26,29H,3-4,6,8,10-12,24H2,1-2H3/p+1/t15-,16-,17-,20+,21-,22-,23-/m0/s1. The number of aliphatic hydroxyl groups excluding tert-OH is 1. The van der Waals surface area contributed by atoms with Crippen molar-refractivity contribution >= 4 is 17.5 Å². The Bertz CT molecular complexity index is 849. The number of allylic oxidation sites excluding steroid dienone is 4. The highest BCUT2D eigenvalue weighted by Gasteiger charge is 2.68. The number of aliphatic hydroxyl groups is 2. The number of quaternary nitrogens is 1. The van der Waals surface area contributed by atoms with Crippen LogP contribution in [0.1, 0.15) is 46.0 Å². The number of carbonyl (C=O) groups excluding carboxylic acids is 3. The Hall–Kier alpha value is -1.83. The molecule has 7 nitrogen and oxygen atoms in total. The zero-order chi connectivity index (χ0) is 21.9. The summed E-state index contributed by atoms with van der Waals surface area (Å²) < 4.78 is 4.96. The van der Waals surface area contributed by atoms with Gasteiger partial charge in [-0.15, -0.1) is 0 Å². The molecule has 4 rings (SSSR count). The maximum Gasteiger partial charge on any atom is 0.361 e. The topological polar surface area (TPSA) is 129 Å². The third-order valence-electron chi connectivity index (χ3n) is 8.68. The largest absolute Gasteiger partial charge is 0.453 e. The summed E-state index contributed by atoms with van der Waals surface area (Å²) in [4.78, 5) is 36.3. The van der Waals surface area contributed by atoms with Crippen LogP contribution < -0.4 is 5.73 Å². The highest BCUT2D eigenvalue weighted by Crippen LogP contribution is 2.67. The van der Waals surface area contributed by atoms with Gasteiger partial charge in [0.15, 0.2) is 18.9 Å². The smallest absolute Gasteiger partial charge is 0.361 e. The van der Waals surface area contributed by atoms with E-state index in [2.05, 4.69) is 12.7 Å². The van der Waals surface area contributed by atoms with Crippen molar-refractivity contribution in [2.24, 2.45) is 28.6 Å². The van der Waals surface area contributed by atoms with Crippen molar-refractivity contribution in [3.63, 3.8) is 0 Å². The molecule has 3 saturated carbocycles. The molecule has 0 heterocycles. The number of rotatable bonds is 4. The van der Waals surface area contributed by atoms with Gasteiger partial charge in [-0.2, -0.15) is 0 Å². The first-order valence-electron chi connectivity index (χ1n) is 10.9. The molecule has 0 aliphatic heterocycles. The van der Waals surface area contributed by atoms with Crippen molar-refractivity contribution in [1.29, 1.82) is 0 Å². The van der Waals surface area contributed by atoms with Gasteiger partial charge in [0, 0.05) is 16.7 Å². The molecule has 4 aliphatic rings. The summed E-state index contributed by atoms with van der Waals surface area (Å²) in [5.74, 6) is -0.912. The molecule has 7 heteroatoms. The van der Waals surface area contributed by atoms with E-state index in [1.807, 2.05) is 13.0 Å². The van der Waals surface area contributed by atoms with Crippen molar-refractivity contribution in [3.05, 3.63) is 23.8 Å². The molecule has 0 aromatic rings. The summed E-state index contributed by atoms with van der Waals surface area (Å²) in [6.07, 6.45) is 7.44. The molecule has 0 aromatic heterocycles. The minimum absolute atomic E-state index is 0.00581. The zero-order valence-corrected chi connectivity index (χ0v) is 17.7. The predicted octanol–water partition coefficient (Wildman–Crippen LogP) is 0.350. The second kappa shape index (κ2) is 7.11. The molecule has 0 amide bonds. The molecule has 4 aliphatic carbocycles. The van der Waals surface area contributed by atoms with Gasteiger partial charge in [-0.1, -0.05) is 25.5 Å². The van der Waals surface area contributed by atoms with Crippen LogP contribution >= 0.6 is 0 Å². The number of ether oxygens (including phenoxy) is 1. The summed E-state index contributed by atoms with van der Waals surface area (Å²) in [5.41, 5.74) is 1.72. The molecular weight excluding hydrogens is 386 g/mol. The average molecular weight is 419 g/mol. The first kappa shape index (κ1) is 21.4. The molecule has 164 valence electrons. The van der Waals surface area contributed by atoms with Crippen LogP contribution in [0.2, 0.25) is 0 Å². The van der Waals surface area contributed by atoms with E-state index in [0.717, 1.165) is 18.4 Å². The Balaban J connectivity index is 1.63. The van der Waals surface area contributed by atoms with Crippen molar-refractivity contribution in [2.75, 3.05) is 13.2 Å². The second-order valence-corrected chi connectivity index (χ2v) is 9.94. The first-order valence-corrected chi connectivity index (χ1v) is 10.9. The Morgan fingerprint density at radius 2 is 2.03 bits per heavy atom. The number of ketones is 2. The highest BCUT2D eigenvalue weighted by molar-refractivity contribution is 6.01. The van der Waals surface area contributed by atoms with Crippen molar-refractivity contribution in [2.45, 2.75) is 57.7 Å². The van der Waals surface area contributed by atoms with E-state index >= 15 is 0 Å². The minimum atomic E-state index is -1.62. The van der Waals surface area contributed by atoms with Gasteiger partial charge in [0.25, 0.3) is 0 Å². The Morgan fingerprint density at radius 1 is 1.30 bits per heavy atom. The van der Waals surface area contributed by atoms with Crippen LogP contribution in [0.25, 0.3) is 0 Å². The monoisotopic (exact) mass is 418 g/mol. The normalized spacial score (nSPS) is 44.6. The van der Waals surface area contributed by atoms with Crippen molar-refractivity contribution < 1.29 is 35.1 Å². The molecule has 0 spiro atoms. The average Bonchev–Trinajstić information content (AvgIpc) is 2.97. The number of carbonyl (C=O) groups is 3. The van der Waals surface area contributed by atoms with E-state index in [0.29, 0.717) is 19.3 Å². The number of hydrogen-bond acceptors (Lipinski definition) is 6. The third-order valence-corrected chi connectivity index (χ3v) is 8.68. The van der Waals surface area contributed by atoms with Gasteiger partial charge in [-0.05, 0) is 56.1 Å². The van der Waals surface area contributed by atoms with Gasteiger partial charge in [0.05, 0.1) is 6.10 Å². The summed E-state index contributed by atoms with van der Waals surface area (Å²) in [6, 6.07) is 0. The summed E-state index contributed by atoms with van der Waals surface area (Å²) in [5, 5.41) is 22.8. The van der Waals surface area contributed by atoms with E-state index < -0.39 is 35.5 Å². The van der Waals surface area contributed by atoms with Gasteiger partial charge < -0.3 is 20.7 Å². The lowest BCUT2D eigenvalue weighted by molar-refractivity contribution is -0.359. The zero-order valence-electron chi connectivity index (χ0n) is 17.7. The van der Waals surface area contributed by atoms with Gasteiger partial charge in [0.2, 0.25) is 5.78 Å². The molecule has 0 bridgehead atoms. The van der Waals surface area contributed by atoms with E-state index in [1.54, 1.807) is 12.2 Å². The van der Waals surface area contributed by atoms with Crippen molar-refractivity contribution in [3.8, 4) is 0 Å². The van der Waals surface area contributed by atoms with Gasteiger partial charge in [0.1, 0.15) is 5.60 Å². The summed E-state index contributed by atoms with van der Waals surface area (Å²) in [6.45, 7) is 3.46. The first-order chi connectivity index (χ1) is 14.1. The Kier molecular flexibility index (Phi) is 5.07. The van der Waals surface area contributed by atoms with Crippen LogP contribution in [0.5, 0.6) is 0 Å².